The number of carbonyl (C=O) groups is 2. The van der Waals surface area contributed by atoms with Crippen molar-refractivity contribution in [3.05, 3.63) is 0 Å². The fraction of sp³-hybridized carbons (Fsp3) is 0.905. The van der Waals surface area contributed by atoms with Crippen molar-refractivity contribution in [2.75, 3.05) is 0 Å². The fourth-order valence-corrected chi connectivity index (χ4v) is 3.35. The van der Waals surface area contributed by atoms with Crippen molar-refractivity contribution in [1.29, 1.82) is 0 Å². The molecular weight excluding hydrogens is 316 g/mol. The Labute approximate surface area is 154 Å². The Hall–Kier alpha value is -1.06. The van der Waals surface area contributed by atoms with Gasteiger partial charge in [-0.25, -0.2) is 0 Å². The molecule has 0 aliphatic heterocycles. The number of hydrogen-bond acceptors (Lipinski definition) is 2. The molecule has 0 fully saturated rings. The zero-order valence-electron chi connectivity index (χ0n) is 16.5. The summed E-state index contributed by atoms with van der Waals surface area (Å²) in [4.78, 5) is 21.2. The van der Waals surface area contributed by atoms with Crippen molar-refractivity contribution in [1.82, 2.24) is 0 Å². The molecule has 4 heteroatoms. The van der Waals surface area contributed by atoms with E-state index in [1.165, 1.54) is 57.8 Å². The zero-order chi connectivity index (χ0) is 18.9. The smallest absolute Gasteiger partial charge is 0.303 e. The van der Waals surface area contributed by atoms with E-state index in [-0.39, 0.29) is 0 Å². The predicted octanol–water partition coefficient (Wildman–Crippen LogP) is 6.28. The summed E-state index contributed by atoms with van der Waals surface area (Å²) in [6.45, 7) is 4.25. The molecule has 25 heavy (non-hydrogen) atoms. The van der Waals surface area contributed by atoms with Gasteiger partial charge in [0.1, 0.15) is 0 Å². The van der Waals surface area contributed by atoms with Gasteiger partial charge in [0.2, 0.25) is 0 Å². The van der Waals surface area contributed by atoms with E-state index in [0.29, 0.717) is 24.7 Å². The minimum Gasteiger partial charge on any atom is -0.481 e. The second-order valence-electron chi connectivity index (χ2n) is 7.78. The highest BCUT2D eigenvalue weighted by molar-refractivity contribution is 5.67. The molecule has 1 atom stereocenters. The number of unbranched alkanes of at least 4 members (excludes halogenated alkanes) is 11. The molecule has 2 N–H and O–H groups in total. The molecule has 0 saturated carbocycles. The van der Waals surface area contributed by atoms with Crippen LogP contribution in [0.5, 0.6) is 0 Å². The minimum atomic E-state index is -0.679. The summed E-state index contributed by atoms with van der Waals surface area (Å²) in [5, 5.41) is 17.5. The van der Waals surface area contributed by atoms with Gasteiger partial charge in [0.05, 0.1) is 0 Å². The van der Waals surface area contributed by atoms with Gasteiger partial charge in [0.25, 0.3) is 0 Å². The Morgan fingerprint density at radius 3 is 1.40 bits per heavy atom. The first-order valence-electron chi connectivity index (χ1n) is 10.4. The first-order chi connectivity index (χ1) is 11.9. The summed E-state index contributed by atoms with van der Waals surface area (Å²) >= 11 is 0. The third-order valence-electron chi connectivity index (χ3n) is 5.10. The number of aliphatic carboxylic acids is 2. The van der Waals surface area contributed by atoms with Crippen LogP contribution < -0.4 is 0 Å². The van der Waals surface area contributed by atoms with Crippen molar-refractivity contribution in [3.8, 4) is 0 Å². The molecule has 148 valence electrons. The number of rotatable bonds is 18. The zero-order valence-corrected chi connectivity index (χ0v) is 16.5. The summed E-state index contributed by atoms with van der Waals surface area (Å²) in [6, 6.07) is 0. The first-order valence-corrected chi connectivity index (χ1v) is 10.4. The van der Waals surface area contributed by atoms with Crippen LogP contribution in [-0.4, -0.2) is 22.2 Å². The van der Waals surface area contributed by atoms with E-state index < -0.39 is 11.9 Å². The molecule has 0 aromatic rings. The summed E-state index contributed by atoms with van der Waals surface area (Å²) in [5.41, 5.74) is 0. The van der Waals surface area contributed by atoms with Gasteiger partial charge >= 0.3 is 11.9 Å². The Morgan fingerprint density at radius 1 is 0.640 bits per heavy atom. The standard InChI is InChI=1S/C21H40O4/c1-18(2)19(17-21(24)25)15-13-11-9-7-5-3-4-6-8-10-12-14-16-20(22)23/h18-19H,3-17H2,1-2H3,(H,22,23)(H,24,25). The Balaban J connectivity index is 3.30. The van der Waals surface area contributed by atoms with Gasteiger partial charge in [-0.1, -0.05) is 84.5 Å². The lowest BCUT2D eigenvalue weighted by Gasteiger charge is -2.18. The van der Waals surface area contributed by atoms with Crippen LogP contribution in [0, 0.1) is 11.8 Å². The van der Waals surface area contributed by atoms with Crippen molar-refractivity contribution in [3.63, 3.8) is 0 Å². The number of carboxylic acid groups (broad SMARTS) is 2. The van der Waals surface area contributed by atoms with Crippen LogP contribution >= 0.6 is 0 Å². The van der Waals surface area contributed by atoms with Gasteiger partial charge in [-0.05, 0) is 24.7 Å². The average molecular weight is 357 g/mol. The topological polar surface area (TPSA) is 74.6 Å². The van der Waals surface area contributed by atoms with Crippen molar-refractivity contribution in [2.45, 2.75) is 110 Å². The average Bonchev–Trinajstić information content (AvgIpc) is 2.53. The maximum atomic E-state index is 10.9. The Kier molecular flexibility index (Phi) is 15.7. The van der Waals surface area contributed by atoms with Crippen LogP contribution in [0.3, 0.4) is 0 Å². The van der Waals surface area contributed by atoms with Crippen molar-refractivity contribution >= 4 is 11.9 Å². The predicted molar refractivity (Wildman–Crippen MR) is 103 cm³/mol. The van der Waals surface area contributed by atoms with Crippen LogP contribution in [0.25, 0.3) is 0 Å². The van der Waals surface area contributed by atoms with Gasteiger partial charge in [-0.3, -0.25) is 9.59 Å². The largest absolute Gasteiger partial charge is 0.481 e. The van der Waals surface area contributed by atoms with E-state index in [1.54, 1.807) is 0 Å². The highest BCUT2D eigenvalue weighted by Gasteiger charge is 2.16. The molecule has 0 aliphatic carbocycles. The van der Waals surface area contributed by atoms with E-state index in [9.17, 15) is 9.59 Å². The monoisotopic (exact) mass is 356 g/mol. The fourth-order valence-electron chi connectivity index (χ4n) is 3.35. The molecule has 0 spiro atoms. The van der Waals surface area contributed by atoms with Crippen LogP contribution in [0.4, 0.5) is 0 Å². The second kappa shape index (κ2) is 16.4. The van der Waals surface area contributed by atoms with E-state index in [1.807, 2.05) is 0 Å². The minimum absolute atomic E-state index is 0.313. The van der Waals surface area contributed by atoms with Crippen molar-refractivity contribution in [2.24, 2.45) is 11.8 Å². The van der Waals surface area contributed by atoms with Gasteiger partial charge < -0.3 is 10.2 Å². The van der Waals surface area contributed by atoms with Crippen LogP contribution in [0.15, 0.2) is 0 Å². The molecule has 0 radical (unpaired) electrons. The number of hydrogen-bond donors (Lipinski definition) is 2. The summed E-state index contributed by atoms with van der Waals surface area (Å²) in [5.74, 6) is -0.560. The highest BCUT2D eigenvalue weighted by atomic mass is 16.4. The molecule has 1 unspecified atom stereocenters. The number of carboxylic acids is 2. The van der Waals surface area contributed by atoms with E-state index >= 15 is 0 Å². The molecule has 0 aliphatic rings. The van der Waals surface area contributed by atoms with Gasteiger partial charge in [0, 0.05) is 12.8 Å². The Bertz CT molecular complexity index is 339. The van der Waals surface area contributed by atoms with E-state index in [2.05, 4.69) is 13.8 Å². The van der Waals surface area contributed by atoms with Crippen LogP contribution in [-0.2, 0) is 9.59 Å². The third kappa shape index (κ3) is 17.6. The molecule has 0 aromatic carbocycles. The van der Waals surface area contributed by atoms with Gasteiger partial charge in [-0.2, -0.15) is 0 Å². The molecule has 0 amide bonds. The third-order valence-corrected chi connectivity index (χ3v) is 5.10. The molecule has 0 rings (SSSR count). The summed E-state index contributed by atoms with van der Waals surface area (Å²) in [7, 11) is 0. The first kappa shape index (κ1) is 23.9. The van der Waals surface area contributed by atoms with Crippen LogP contribution in [0.2, 0.25) is 0 Å². The maximum absolute atomic E-state index is 10.9. The van der Waals surface area contributed by atoms with Crippen molar-refractivity contribution < 1.29 is 19.8 Å². The lowest BCUT2D eigenvalue weighted by molar-refractivity contribution is -0.139. The maximum Gasteiger partial charge on any atom is 0.303 e. The molecule has 0 bridgehead atoms. The molecule has 4 nitrogen and oxygen atoms in total. The van der Waals surface area contributed by atoms with E-state index in [0.717, 1.165) is 25.7 Å². The van der Waals surface area contributed by atoms with Gasteiger partial charge in [-0.15, -0.1) is 0 Å². The summed E-state index contributed by atoms with van der Waals surface area (Å²) in [6.07, 6.45) is 16.1. The SMILES string of the molecule is CC(C)C(CCCCCCCCCCCCCCC(=O)O)CC(=O)O. The van der Waals surface area contributed by atoms with Gasteiger partial charge in [0.15, 0.2) is 0 Å². The lowest BCUT2D eigenvalue weighted by Crippen LogP contribution is -2.13. The second-order valence-corrected chi connectivity index (χ2v) is 7.78. The Morgan fingerprint density at radius 2 is 1.04 bits per heavy atom. The molecule has 0 saturated heterocycles. The van der Waals surface area contributed by atoms with E-state index in [4.69, 9.17) is 10.2 Å². The lowest BCUT2D eigenvalue weighted by atomic mass is 9.87. The molecular formula is C21H40O4. The quantitative estimate of drug-likeness (QED) is 0.283. The molecule has 0 heterocycles. The highest BCUT2D eigenvalue weighted by Crippen LogP contribution is 2.23. The van der Waals surface area contributed by atoms with Crippen LogP contribution in [0.1, 0.15) is 110 Å². The molecule has 0 aromatic heterocycles. The normalized spacial score (nSPS) is 12.4. The summed E-state index contributed by atoms with van der Waals surface area (Å²) < 4.78 is 0.